The number of unbranched alkanes of at least 4 members (excludes halogenated alkanes) is 4. The Balaban J connectivity index is 1.83. The number of hydrazone groups is 1. The van der Waals surface area contributed by atoms with E-state index in [4.69, 9.17) is 19.6 Å². The van der Waals surface area contributed by atoms with Crippen LogP contribution >= 0.6 is 11.8 Å². The number of thioether (sulfide) groups is 1. The number of nitrogens with one attached hydrogen (secondary N) is 1. The van der Waals surface area contributed by atoms with E-state index >= 15 is 0 Å². The summed E-state index contributed by atoms with van der Waals surface area (Å²) in [6.07, 6.45) is 8.27. The molecular weight excluding hydrogens is 416 g/mol. The van der Waals surface area contributed by atoms with Crippen LogP contribution in [0.1, 0.15) is 51.0 Å². The zero-order valence-corrected chi connectivity index (χ0v) is 19.2. The summed E-state index contributed by atoms with van der Waals surface area (Å²) in [7, 11) is 4.57. The van der Waals surface area contributed by atoms with Crippen LogP contribution in [0.25, 0.3) is 6.08 Å². The predicted octanol–water partition coefficient (Wildman–Crippen LogP) is 4.69. The second-order valence-corrected chi connectivity index (χ2v) is 8.14. The third-order valence-corrected chi connectivity index (χ3v) is 5.99. The molecule has 0 spiro atoms. The van der Waals surface area contributed by atoms with E-state index in [2.05, 4.69) is 17.0 Å². The number of ether oxygens (including phenoxy) is 3. The highest BCUT2D eigenvalue weighted by molar-refractivity contribution is 8.26. The monoisotopic (exact) mass is 444 g/mol. The zero-order valence-electron chi connectivity index (χ0n) is 18.4. The molecule has 1 N–H and O–H groups in total. The van der Waals surface area contributed by atoms with Crippen molar-refractivity contribution >= 4 is 39.8 Å². The van der Waals surface area contributed by atoms with Crippen molar-refractivity contribution in [2.24, 2.45) is 10.1 Å². The Morgan fingerprint density at radius 1 is 1.06 bits per heavy atom. The summed E-state index contributed by atoms with van der Waals surface area (Å²) < 4.78 is 16.2. The van der Waals surface area contributed by atoms with Gasteiger partial charge < -0.3 is 14.2 Å². The van der Waals surface area contributed by atoms with Gasteiger partial charge in [-0.2, -0.15) is 15.1 Å². The first kappa shape index (κ1) is 22.9. The Kier molecular flexibility index (Phi) is 7.73. The number of hydrogen-bond donors (Lipinski definition) is 1. The summed E-state index contributed by atoms with van der Waals surface area (Å²) >= 11 is 1.37. The Morgan fingerprint density at radius 2 is 1.81 bits per heavy atom. The van der Waals surface area contributed by atoms with Crippen LogP contribution in [0.15, 0.2) is 27.8 Å². The van der Waals surface area contributed by atoms with E-state index in [1.807, 2.05) is 0 Å². The summed E-state index contributed by atoms with van der Waals surface area (Å²) in [5, 5.41) is 15.8. The molecule has 1 aromatic carbocycles. The van der Waals surface area contributed by atoms with E-state index in [-0.39, 0.29) is 11.4 Å². The number of carbonyl (C=O) groups is 1. The van der Waals surface area contributed by atoms with Gasteiger partial charge in [-0.25, -0.2) is 0 Å². The number of amides is 1. The van der Waals surface area contributed by atoms with Crippen molar-refractivity contribution in [1.82, 2.24) is 5.01 Å². The van der Waals surface area contributed by atoms with E-state index in [1.165, 1.54) is 57.4 Å². The Morgan fingerprint density at radius 3 is 2.48 bits per heavy atom. The molecule has 0 bridgehead atoms. The number of rotatable bonds is 10. The number of aliphatic imine (C=N–C) groups is 1. The molecule has 0 unspecified atom stereocenters. The first-order chi connectivity index (χ1) is 15.0. The number of amidine groups is 2. The van der Waals surface area contributed by atoms with Crippen molar-refractivity contribution in [3.05, 3.63) is 23.3 Å². The smallest absolute Gasteiger partial charge is 0.283 e. The number of carbonyl (C=O) groups excluding carboxylic acids is 1. The van der Waals surface area contributed by atoms with Crippen LogP contribution in [0.4, 0.5) is 0 Å². The average molecular weight is 445 g/mol. The number of fused-ring (bicyclic) bond motifs is 1. The molecule has 9 heteroatoms. The van der Waals surface area contributed by atoms with Gasteiger partial charge in [0.25, 0.3) is 5.91 Å². The highest BCUT2D eigenvalue weighted by atomic mass is 32.2. The molecule has 1 aromatic rings. The summed E-state index contributed by atoms with van der Waals surface area (Å²) in [5.41, 5.74) is 0.724. The second kappa shape index (κ2) is 10.5. The minimum absolute atomic E-state index is 0.000297. The molecule has 2 aliphatic heterocycles. The van der Waals surface area contributed by atoms with Crippen LogP contribution in [-0.4, -0.2) is 48.3 Å². The Hall–Kier alpha value is -2.81. The SMILES string of the molecule is CCCCCCCC1=NN2C(=N)C(=Cc3ccc(OC)c(OC)c3OC)C(=O)N=C2S1. The van der Waals surface area contributed by atoms with Gasteiger partial charge in [0.1, 0.15) is 5.04 Å². The van der Waals surface area contributed by atoms with Crippen LogP contribution < -0.4 is 14.2 Å². The van der Waals surface area contributed by atoms with Crippen LogP contribution in [-0.2, 0) is 4.79 Å². The molecule has 0 aliphatic carbocycles. The largest absolute Gasteiger partial charge is 0.493 e. The lowest BCUT2D eigenvalue weighted by atomic mass is 10.1. The molecule has 0 saturated heterocycles. The van der Waals surface area contributed by atoms with Crippen molar-refractivity contribution in [2.75, 3.05) is 21.3 Å². The lowest BCUT2D eigenvalue weighted by molar-refractivity contribution is -0.114. The summed E-state index contributed by atoms with van der Waals surface area (Å²) in [6, 6.07) is 3.47. The lowest BCUT2D eigenvalue weighted by Crippen LogP contribution is -2.35. The fraction of sp³-hybridized carbons (Fsp3) is 0.455. The Labute approximate surface area is 186 Å². The molecule has 31 heavy (non-hydrogen) atoms. The number of methoxy groups -OCH3 is 3. The quantitative estimate of drug-likeness (QED) is 0.415. The molecule has 0 atom stereocenters. The molecule has 2 aliphatic rings. The zero-order chi connectivity index (χ0) is 22.4. The van der Waals surface area contributed by atoms with E-state index in [0.717, 1.165) is 24.3 Å². The van der Waals surface area contributed by atoms with Crippen LogP contribution in [0, 0.1) is 5.41 Å². The van der Waals surface area contributed by atoms with E-state index in [0.29, 0.717) is 28.0 Å². The minimum Gasteiger partial charge on any atom is -0.493 e. The van der Waals surface area contributed by atoms with E-state index in [9.17, 15) is 4.79 Å². The molecule has 1 amide bonds. The molecule has 0 saturated carbocycles. The molecule has 2 heterocycles. The summed E-state index contributed by atoms with van der Waals surface area (Å²) in [6.45, 7) is 2.19. The molecule has 0 aromatic heterocycles. The molecule has 0 radical (unpaired) electrons. The van der Waals surface area contributed by atoms with Gasteiger partial charge in [-0.15, -0.1) is 0 Å². The van der Waals surface area contributed by atoms with Gasteiger partial charge in [0.15, 0.2) is 17.3 Å². The van der Waals surface area contributed by atoms with Crippen molar-refractivity contribution in [1.29, 1.82) is 5.41 Å². The second-order valence-electron chi connectivity index (χ2n) is 7.10. The first-order valence-electron chi connectivity index (χ1n) is 10.3. The highest BCUT2D eigenvalue weighted by Crippen LogP contribution is 2.41. The van der Waals surface area contributed by atoms with Gasteiger partial charge >= 0.3 is 0 Å². The fourth-order valence-corrected chi connectivity index (χ4v) is 4.33. The topological polar surface area (TPSA) is 96.6 Å². The Bertz CT molecular complexity index is 955. The standard InChI is InChI=1S/C22H28N4O4S/c1-5-6-7-8-9-10-17-25-26-20(23)15(21(27)24-22(26)31-17)13-14-11-12-16(28-2)19(30-4)18(14)29-3/h11-13,23H,5-10H2,1-4H3. The van der Waals surface area contributed by atoms with Gasteiger partial charge in [0.05, 0.1) is 26.9 Å². The first-order valence-corrected chi connectivity index (χ1v) is 11.1. The van der Waals surface area contributed by atoms with Gasteiger partial charge in [-0.3, -0.25) is 10.2 Å². The average Bonchev–Trinajstić information content (AvgIpc) is 3.18. The maximum atomic E-state index is 12.7. The van der Waals surface area contributed by atoms with Crippen LogP contribution in [0.3, 0.4) is 0 Å². The van der Waals surface area contributed by atoms with Gasteiger partial charge in [0, 0.05) is 5.56 Å². The van der Waals surface area contributed by atoms with Crippen LogP contribution in [0.2, 0.25) is 0 Å². The molecule has 3 rings (SSSR count). The maximum Gasteiger partial charge on any atom is 0.283 e. The van der Waals surface area contributed by atoms with Crippen molar-refractivity contribution in [3.63, 3.8) is 0 Å². The third-order valence-electron chi connectivity index (χ3n) is 5.03. The van der Waals surface area contributed by atoms with Gasteiger partial charge in [-0.1, -0.05) is 32.6 Å². The molecule has 0 fully saturated rings. The maximum absolute atomic E-state index is 12.7. The third kappa shape index (κ3) is 4.92. The normalized spacial score (nSPS) is 16.9. The summed E-state index contributed by atoms with van der Waals surface area (Å²) in [4.78, 5) is 16.8. The van der Waals surface area contributed by atoms with Crippen molar-refractivity contribution < 1.29 is 19.0 Å². The van der Waals surface area contributed by atoms with Crippen molar-refractivity contribution in [3.8, 4) is 17.2 Å². The van der Waals surface area contributed by atoms with Gasteiger partial charge in [-0.05, 0) is 42.8 Å². The van der Waals surface area contributed by atoms with E-state index in [1.54, 1.807) is 18.2 Å². The van der Waals surface area contributed by atoms with Crippen molar-refractivity contribution in [2.45, 2.75) is 45.4 Å². The minimum atomic E-state index is -0.472. The molecule has 166 valence electrons. The highest BCUT2D eigenvalue weighted by Gasteiger charge is 2.35. The fourth-order valence-electron chi connectivity index (χ4n) is 3.41. The van der Waals surface area contributed by atoms with Gasteiger partial charge in [0.2, 0.25) is 10.9 Å². The summed E-state index contributed by atoms with van der Waals surface area (Å²) in [5.74, 6) is 0.867. The predicted molar refractivity (Wildman–Crippen MR) is 124 cm³/mol. The van der Waals surface area contributed by atoms with Crippen LogP contribution in [0.5, 0.6) is 17.2 Å². The van der Waals surface area contributed by atoms with E-state index < -0.39 is 5.91 Å². The molecule has 8 nitrogen and oxygen atoms in total. The number of benzene rings is 1. The lowest BCUT2D eigenvalue weighted by Gasteiger charge is -2.21. The number of hydrogen-bond acceptors (Lipinski definition) is 7. The number of nitrogens with zero attached hydrogens (tertiary/aromatic N) is 3. The molecular formula is C22H28N4O4S.